The van der Waals surface area contributed by atoms with Crippen molar-refractivity contribution >= 4 is 0 Å². The van der Waals surface area contributed by atoms with Crippen molar-refractivity contribution in [3.63, 3.8) is 0 Å². The minimum Gasteiger partial charge on any atom is -0.207 e. The molecule has 0 aliphatic heterocycles. The summed E-state index contributed by atoms with van der Waals surface area (Å²) in [6.45, 7) is 2.07. The summed E-state index contributed by atoms with van der Waals surface area (Å²) in [5.74, 6) is -0.160. The molecule has 0 atom stereocenters. The smallest absolute Gasteiger partial charge is 0.207 e. The van der Waals surface area contributed by atoms with Gasteiger partial charge in [0.05, 0.1) is 5.56 Å². The summed E-state index contributed by atoms with van der Waals surface area (Å²) in [5, 5.41) is 0. The molecule has 28 heavy (non-hydrogen) atoms. The lowest BCUT2D eigenvalue weighted by Crippen LogP contribution is -2.03. The van der Waals surface area contributed by atoms with Crippen molar-refractivity contribution in [1.29, 1.82) is 0 Å². The van der Waals surface area contributed by atoms with Crippen LogP contribution in [0.4, 0.5) is 17.6 Å². The minimum atomic E-state index is -4.33. The predicted molar refractivity (Wildman–Crippen MR) is 105 cm³/mol. The summed E-state index contributed by atoms with van der Waals surface area (Å²) in [6.07, 6.45) is -1.14. The number of hydrogen-bond donors (Lipinski definition) is 0. The molecule has 0 saturated heterocycles. The highest BCUT2D eigenvalue weighted by Gasteiger charge is 2.29. The van der Waals surface area contributed by atoms with Crippen molar-refractivity contribution in [2.75, 3.05) is 0 Å². The van der Waals surface area contributed by atoms with Crippen LogP contribution in [-0.4, -0.2) is 0 Å². The van der Waals surface area contributed by atoms with Crippen LogP contribution in [0.3, 0.4) is 0 Å². The molecule has 0 amide bonds. The first kappa shape index (κ1) is 20.1. The molecule has 0 saturated carbocycles. The van der Waals surface area contributed by atoms with Gasteiger partial charge in [-0.3, -0.25) is 0 Å². The summed E-state index contributed by atoms with van der Waals surface area (Å²) < 4.78 is 52.2. The number of hydrogen-bond acceptors (Lipinski definition) is 0. The topological polar surface area (TPSA) is 0 Å². The number of benzene rings is 3. The Kier molecular flexibility index (Phi) is 6.18. The van der Waals surface area contributed by atoms with E-state index in [1.165, 1.54) is 12.1 Å². The first-order valence-electron chi connectivity index (χ1n) is 9.40. The maximum absolute atomic E-state index is 14.2. The Balaban J connectivity index is 1.65. The highest BCUT2D eigenvalue weighted by Crippen LogP contribution is 2.31. The van der Waals surface area contributed by atoms with Gasteiger partial charge in [0.15, 0.2) is 0 Å². The van der Waals surface area contributed by atoms with Gasteiger partial charge in [0.1, 0.15) is 5.82 Å². The van der Waals surface area contributed by atoms with E-state index in [2.05, 4.69) is 6.92 Å². The van der Waals surface area contributed by atoms with Crippen molar-refractivity contribution in [2.45, 2.75) is 38.8 Å². The average Bonchev–Trinajstić information content (AvgIpc) is 2.67. The maximum Gasteiger partial charge on any atom is 0.416 e. The van der Waals surface area contributed by atoms with E-state index in [0.717, 1.165) is 47.2 Å². The predicted octanol–water partition coefficient (Wildman–Crippen LogP) is 7.25. The van der Waals surface area contributed by atoms with Crippen LogP contribution in [0.2, 0.25) is 0 Å². The highest BCUT2D eigenvalue weighted by atomic mass is 19.4. The zero-order valence-electron chi connectivity index (χ0n) is 15.7. The molecule has 0 radical (unpaired) electrons. The van der Waals surface area contributed by atoms with Gasteiger partial charge < -0.3 is 0 Å². The highest BCUT2D eigenvalue weighted by molar-refractivity contribution is 5.64. The Morgan fingerprint density at radius 3 is 1.79 bits per heavy atom. The second kappa shape index (κ2) is 8.59. The molecule has 4 heteroatoms. The van der Waals surface area contributed by atoms with Crippen molar-refractivity contribution < 1.29 is 17.6 Å². The van der Waals surface area contributed by atoms with Crippen LogP contribution in [0.15, 0.2) is 66.7 Å². The molecule has 0 fully saturated rings. The van der Waals surface area contributed by atoms with Crippen LogP contribution in [0.1, 0.15) is 35.6 Å². The summed E-state index contributed by atoms with van der Waals surface area (Å²) >= 11 is 0. The summed E-state index contributed by atoms with van der Waals surface area (Å²) in [6, 6.07) is 18.3. The fourth-order valence-electron chi connectivity index (χ4n) is 3.23. The summed E-state index contributed by atoms with van der Waals surface area (Å²) in [4.78, 5) is 0. The molecule has 0 aliphatic rings. The third kappa shape index (κ3) is 5.00. The van der Waals surface area contributed by atoms with E-state index in [1.54, 1.807) is 6.07 Å². The third-order valence-corrected chi connectivity index (χ3v) is 4.84. The van der Waals surface area contributed by atoms with Crippen molar-refractivity contribution in [3.05, 3.63) is 94.8 Å². The van der Waals surface area contributed by atoms with E-state index in [-0.39, 0.29) is 5.82 Å². The molecule has 0 aromatic heterocycles. The number of halogens is 4. The Morgan fingerprint density at radius 2 is 1.25 bits per heavy atom. The maximum atomic E-state index is 14.2. The van der Waals surface area contributed by atoms with Gasteiger partial charge in [-0.1, -0.05) is 61.9 Å². The number of rotatable bonds is 6. The molecule has 3 aromatic rings. The van der Waals surface area contributed by atoms with E-state index in [1.807, 2.05) is 36.4 Å². The zero-order chi connectivity index (χ0) is 20.1. The van der Waals surface area contributed by atoms with Gasteiger partial charge in [-0.15, -0.1) is 0 Å². The first-order valence-corrected chi connectivity index (χ1v) is 9.40. The fraction of sp³-hybridized carbons (Fsp3) is 0.250. The first-order chi connectivity index (χ1) is 13.4. The lowest BCUT2D eigenvalue weighted by Gasteiger charge is -2.09. The molecular weight excluding hydrogens is 364 g/mol. The molecule has 3 aromatic carbocycles. The number of alkyl halides is 3. The number of aryl methyl sites for hydroxylation is 3. The standard InChI is InChI=1S/C24H22F4/c1-2-3-18-7-11-21(23(25)16-18)10-6-17-4-8-19(9-5-17)20-12-14-22(15-13-20)24(26,27)28/h4-5,7-9,11-16H,2-3,6,10H2,1H3. The van der Waals surface area contributed by atoms with E-state index >= 15 is 0 Å². The van der Waals surface area contributed by atoms with Gasteiger partial charge in [-0.25, -0.2) is 4.39 Å². The van der Waals surface area contributed by atoms with Gasteiger partial charge in [-0.2, -0.15) is 13.2 Å². The van der Waals surface area contributed by atoms with Crippen molar-refractivity contribution in [2.24, 2.45) is 0 Å². The molecule has 0 aliphatic carbocycles. The SMILES string of the molecule is CCCc1ccc(CCc2ccc(-c3ccc(C(F)(F)F)cc3)cc2)c(F)c1. The molecular formula is C24H22F4. The van der Waals surface area contributed by atoms with E-state index in [0.29, 0.717) is 18.4 Å². The zero-order valence-corrected chi connectivity index (χ0v) is 15.7. The molecule has 0 nitrogen and oxygen atoms in total. The van der Waals surface area contributed by atoms with Crippen molar-refractivity contribution in [1.82, 2.24) is 0 Å². The second-order valence-electron chi connectivity index (χ2n) is 6.95. The lowest BCUT2D eigenvalue weighted by molar-refractivity contribution is -0.137. The van der Waals surface area contributed by atoms with Gasteiger partial charge in [-0.05, 0) is 65.3 Å². The van der Waals surface area contributed by atoms with Gasteiger partial charge >= 0.3 is 6.18 Å². The lowest BCUT2D eigenvalue weighted by atomic mass is 9.98. The molecule has 0 unspecified atom stereocenters. The van der Waals surface area contributed by atoms with Crippen molar-refractivity contribution in [3.8, 4) is 11.1 Å². The molecule has 3 rings (SSSR count). The fourth-order valence-corrected chi connectivity index (χ4v) is 3.23. The third-order valence-electron chi connectivity index (χ3n) is 4.84. The molecule has 0 bridgehead atoms. The Labute approximate surface area is 162 Å². The second-order valence-corrected chi connectivity index (χ2v) is 6.95. The Morgan fingerprint density at radius 1 is 0.679 bits per heavy atom. The Hall–Kier alpha value is -2.62. The molecule has 0 spiro atoms. The van der Waals surface area contributed by atoms with Gasteiger partial charge in [0.25, 0.3) is 0 Å². The van der Waals surface area contributed by atoms with Crippen LogP contribution >= 0.6 is 0 Å². The van der Waals surface area contributed by atoms with E-state index in [4.69, 9.17) is 0 Å². The van der Waals surface area contributed by atoms with Crippen LogP contribution in [0.5, 0.6) is 0 Å². The minimum absolute atomic E-state index is 0.160. The van der Waals surface area contributed by atoms with E-state index in [9.17, 15) is 17.6 Å². The molecule has 146 valence electrons. The molecule has 0 heterocycles. The monoisotopic (exact) mass is 386 g/mol. The summed E-state index contributed by atoms with van der Waals surface area (Å²) in [5.41, 5.74) is 3.72. The van der Waals surface area contributed by atoms with Crippen LogP contribution in [-0.2, 0) is 25.4 Å². The molecule has 0 N–H and O–H groups in total. The van der Waals surface area contributed by atoms with Crippen LogP contribution in [0, 0.1) is 5.82 Å². The van der Waals surface area contributed by atoms with Crippen LogP contribution in [0.25, 0.3) is 11.1 Å². The van der Waals surface area contributed by atoms with Crippen LogP contribution < -0.4 is 0 Å². The summed E-state index contributed by atoms with van der Waals surface area (Å²) in [7, 11) is 0. The van der Waals surface area contributed by atoms with Gasteiger partial charge in [0, 0.05) is 0 Å². The average molecular weight is 386 g/mol. The van der Waals surface area contributed by atoms with Gasteiger partial charge in [0.2, 0.25) is 0 Å². The quantitative estimate of drug-likeness (QED) is 0.391. The largest absolute Gasteiger partial charge is 0.416 e. The normalized spacial score (nSPS) is 11.6. The van der Waals surface area contributed by atoms with E-state index < -0.39 is 11.7 Å². The Bertz CT molecular complexity index is 907.